The lowest BCUT2D eigenvalue weighted by Crippen LogP contribution is -2.09. The average Bonchev–Trinajstić information content (AvgIpc) is 1.57. The van der Waals surface area contributed by atoms with Crippen LogP contribution >= 0.6 is 22.7 Å². The summed E-state index contributed by atoms with van der Waals surface area (Å²) in [6, 6.07) is 137. The Balaban J connectivity index is 0.000000139. The number of nitrogens with zero attached hydrogens (tertiary/aromatic N) is 2. The summed E-state index contributed by atoms with van der Waals surface area (Å²) >= 11 is 3.78. The van der Waals surface area contributed by atoms with E-state index in [2.05, 4.69) is 386 Å². The van der Waals surface area contributed by atoms with Crippen molar-refractivity contribution in [1.29, 1.82) is 0 Å². The van der Waals surface area contributed by atoms with Gasteiger partial charge in [-0.2, -0.15) is 0 Å². The van der Waals surface area contributed by atoms with Gasteiger partial charge in [-0.3, -0.25) is 0 Å². The van der Waals surface area contributed by atoms with Gasteiger partial charge >= 0.3 is 0 Å². The predicted molar refractivity (Wildman–Crippen MR) is 435 cm³/mol. The van der Waals surface area contributed by atoms with Crippen molar-refractivity contribution in [2.45, 2.75) is 0 Å². The van der Waals surface area contributed by atoms with Crippen LogP contribution in [-0.4, -0.2) is 0 Å². The van der Waals surface area contributed by atoms with Gasteiger partial charge in [0, 0.05) is 74.5 Å². The van der Waals surface area contributed by atoms with E-state index in [1.807, 2.05) is 22.7 Å². The summed E-state index contributed by atoms with van der Waals surface area (Å²) in [4.78, 5) is 4.77. The van der Waals surface area contributed by atoms with E-state index in [1.165, 1.54) is 149 Å². The molecule has 0 fully saturated rings. The number of hydrogen-bond acceptors (Lipinski definition) is 4. The Labute approximate surface area is 588 Å². The second kappa shape index (κ2) is 24.9. The fourth-order valence-corrected chi connectivity index (χ4v) is 17.6. The molecule has 2 heterocycles. The van der Waals surface area contributed by atoms with Crippen LogP contribution in [0.3, 0.4) is 0 Å². The smallest absolute Gasteiger partial charge is 0.0476 e. The summed E-state index contributed by atoms with van der Waals surface area (Å²) in [5, 5.41) is 20.7. The number of rotatable bonds is 10. The van der Waals surface area contributed by atoms with E-state index >= 15 is 0 Å². The zero-order valence-electron chi connectivity index (χ0n) is 54.5. The minimum Gasteiger partial charge on any atom is -0.310 e. The summed E-state index contributed by atoms with van der Waals surface area (Å²) in [6.45, 7) is 0. The van der Waals surface area contributed by atoms with Crippen LogP contribution in [0.5, 0.6) is 0 Å². The van der Waals surface area contributed by atoms with Crippen LogP contribution in [0.15, 0.2) is 376 Å². The quantitative estimate of drug-likeness (QED) is 0.126. The van der Waals surface area contributed by atoms with Crippen LogP contribution in [0.4, 0.5) is 34.1 Å². The van der Waals surface area contributed by atoms with Gasteiger partial charge in [0.1, 0.15) is 0 Å². The predicted octanol–water partition coefficient (Wildman–Crippen LogP) is 28.6. The van der Waals surface area contributed by atoms with Gasteiger partial charge in [-0.1, -0.05) is 291 Å². The Bertz CT molecular complexity index is 6490. The maximum absolute atomic E-state index is 2.39. The SMILES string of the molecule is c1ccc(-c2ccc(N(c3ccc(-c4cc5ccccc5c5ccccc45)cc3)c3ccc4c(c3)sc3c5ccccc5ccc43)cc2)cc1.c1ccc(-c2ccc(N(c3ccc(-c4ccc5c(ccc6ccccc65)c4)cc3)c3ccc4c(c3)sc3c5ccccc5ccc43)cc2)cc1. The number of thiophene rings is 2. The molecule has 0 N–H and O–H groups in total. The molecule has 2 nitrogen and oxygen atoms in total. The first-order chi connectivity index (χ1) is 49.5. The maximum Gasteiger partial charge on any atom is 0.0476 e. The number of benzene rings is 18. The van der Waals surface area contributed by atoms with Gasteiger partial charge in [0.25, 0.3) is 0 Å². The monoisotopic (exact) mass is 1310 g/mol. The van der Waals surface area contributed by atoms with Crippen LogP contribution in [0.1, 0.15) is 0 Å². The van der Waals surface area contributed by atoms with Gasteiger partial charge in [-0.15, -0.1) is 22.7 Å². The molecule has 0 aliphatic carbocycles. The summed E-state index contributed by atoms with van der Waals surface area (Å²) < 4.78 is 5.28. The molecule has 100 heavy (non-hydrogen) atoms. The Morgan fingerprint density at radius 2 is 0.460 bits per heavy atom. The Morgan fingerprint density at radius 3 is 0.950 bits per heavy atom. The first-order valence-corrected chi connectivity index (χ1v) is 35.8. The van der Waals surface area contributed by atoms with Crippen molar-refractivity contribution in [3.05, 3.63) is 376 Å². The number of anilines is 6. The summed E-state index contributed by atoms with van der Waals surface area (Å²) in [7, 11) is 0. The van der Waals surface area contributed by atoms with Gasteiger partial charge in [0.05, 0.1) is 0 Å². The van der Waals surface area contributed by atoms with Crippen LogP contribution in [0, 0.1) is 0 Å². The Hall–Kier alpha value is -12.4. The molecule has 0 atom stereocenters. The molecule has 18 aromatic carbocycles. The van der Waals surface area contributed by atoms with Crippen molar-refractivity contribution in [3.63, 3.8) is 0 Å². The van der Waals surface area contributed by atoms with Crippen LogP contribution < -0.4 is 9.80 Å². The molecule has 468 valence electrons. The number of fused-ring (bicyclic) bond motifs is 16. The topological polar surface area (TPSA) is 6.48 Å². The molecular weight excluding hydrogens is 1250 g/mol. The molecule has 0 saturated heterocycles. The maximum atomic E-state index is 2.39. The molecule has 0 spiro atoms. The van der Waals surface area contributed by atoms with Gasteiger partial charge < -0.3 is 9.80 Å². The largest absolute Gasteiger partial charge is 0.310 e. The molecule has 0 unspecified atom stereocenters. The van der Waals surface area contributed by atoms with Gasteiger partial charge in [0.2, 0.25) is 0 Å². The highest BCUT2D eigenvalue weighted by molar-refractivity contribution is 7.27. The third kappa shape index (κ3) is 10.6. The first kappa shape index (κ1) is 58.9. The molecule has 0 bridgehead atoms. The van der Waals surface area contributed by atoms with E-state index < -0.39 is 0 Å². The summed E-state index contributed by atoms with van der Waals surface area (Å²) in [5.74, 6) is 0. The lowest BCUT2D eigenvalue weighted by atomic mass is 9.93. The highest BCUT2D eigenvalue weighted by atomic mass is 32.1. The molecular formula is C96H62N2S2. The van der Waals surface area contributed by atoms with Crippen molar-refractivity contribution in [1.82, 2.24) is 0 Å². The molecule has 0 radical (unpaired) electrons. The molecule has 20 aromatic rings. The van der Waals surface area contributed by atoms with E-state index in [0.717, 1.165) is 34.1 Å². The fraction of sp³-hybridized carbons (Fsp3) is 0. The van der Waals surface area contributed by atoms with Crippen LogP contribution in [0.25, 0.3) is 149 Å². The van der Waals surface area contributed by atoms with Crippen LogP contribution in [-0.2, 0) is 0 Å². The van der Waals surface area contributed by atoms with Crippen LogP contribution in [0.2, 0.25) is 0 Å². The fourth-order valence-electron chi connectivity index (χ4n) is 15.1. The van der Waals surface area contributed by atoms with Gasteiger partial charge in [-0.05, 0) is 194 Å². The Kier molecular flexibility index (Phi) is 14.7. The standard InChI is InChI=1S/2C48H31NS/c1-2-10-32(11-3-1)33-18-23-37(24-19-33)49(39-27-29-44-45-28-22-34-12-4-7-15-41(34)48(45)50-47(44)31-39)38-25-20-35(21-26-38)46-30-36-13-5-6-14-40(36)42-16-8-9-17-43(42)46;1-2-8-32(9-3-1)33-16-22-39(23-17-33)49(41-26-29-45-46-28-20-36-11-5-7-13-44(36)48(46)50-47(45)31-41)40-24-18-34(19-25-40)37-21-27-43-38(30-37)15-14-35-10-4-6-12-42(35)43/h2*1-31H. The summed E-state index contributed by atoms with van der Waals surface area (Å²) in [5.41, 5.74) is 16.5. The molecule has 2 aromatic heterocycles. The highest BCUT2D eigenvalue weighted by Crippen LogP contribution is 2.47. The zero-order valence-corrected chi connectivity index (χ0v) is 56.1. The van der Waals surface area contributed by atoms with Crippen molar-refractivity contribution in [3.8, 4) is 44.5 Å². The molecule has 4 heteroatoms. The number of hydrogen-bond donors (Lipinski definition) is 0. The second-order valence-corrected chi connectivity index (χ2v) is 28.0. The normalized spacial score (nSPS) is 11.6. The minimum absolute atomic E-state index is 1.12. The molecule has 20 rings (SSSR count). The van der Waals surface area contributed by atoms with Crippen molar-refractivity contribution in [2.75, 3.05) is 9.80 Å². The molecule has 0 amide bonds. The van der Waals surface area contributed by atoms with E-state index in [-0.39, 0.29) is 0 Å². The second-order valence-electron chi connectivity index (χ2n) is 25.9. The van der Waals surface area contributed by atoms with E-state index in [4.69, 9.17) is 0 Å². The molecule has 0 saturated carbocycles. The third-order valence-electron chi connectivity index (χ3n) is 20.1. The lowest BCUT2D eigenvalue weighted by molar-refractivity contribution is 1.29. The van der Waals surface area contributed by atoms with Gasteiger partial charge in [-0.25, -0.2) is 0 Å². The van der Waals surface area contributed by atoms with Crippen molar-refractivity contribution >= 4 is 162 Å². The van der Waals surface area contributed by atoms with Gasteiger partial charge in [0.15, 0.2) is 0 Å². The third-order valence-corrected chi connectivity index (χ3v) is 22.5. The van der Waals surface area contributed by atoms with E-state index in [0.29, 0.717) is 0 Å². The molecule has 0 aliphatic rings. The minimum atomic E-state index is 1.12. The average molecular weight is 1310 g/mol. The highest BCUT2D eigenvalue weighted by Gasteiger charge is 2.20. The van der Waals surface area contributed by atoms with Crippen molar-refractivity contribution < 1.29 is 0 Å². The lowest BCUT2D eigenvalue weighted by Gasteiger charge is -2.26. The van der Waals surface area contributed by atoms with Crippen molar-refractivity contribution in [2.24, 2.45) is 0 Å². The van der Waals surface area contributed by atoms with E-state index in [9.17, 15) is 0 Å². The summed E-state index contributed by atoms with van der Waals surface area (Å²) in [6.07, 6.45) is 0. The molecule has 0 aliphatic heterocycles. The van der Waals surface area contributed by atoms with E-state index in [1.54, 1.807) is 0 Å². The Morgan fingerprint density at radius 1 is 0.160 bits per heavy atom. The first-order valence-electron chi connectivity index (χ1n) is 34.2. The zero-order chi connectivity index (χ0) is 66.0.